The van der Waals surface area contributed by atoms with Crippen molar-refractivity contribution in [2.75, 3.05) is 19.7 Å². The van der Waals surface area contributed by atoms with Crippen LogP contribution in [-0.2, 0) is 15.1 Å². The molecule has 3 atom stereocenters. The van der Waals surface area contributed by atoms with Crippen LogP contribution in [0.25, 0.3) is 0 Å². The lowest BCUT2D eigenvalue weighted by Crippen LogP contribution is -2.51. The molecule has 1 saturated heterocycles. The van der Waals surface area contributed by atoms with Gasteiger partial charge in [-0.25, -0.2) is 4.79 Å². The molecule has 2 amide bonds. The second kappa shape index (κ2) is 6.58. The molecule has 140 valence electrons. The van der Waals surface area contributed by atoms with Gasteiger partial charge < -0.3 is 20.5 Å². The van der Waals surface area contributed by atoms with E-state index < -0.39 is 11.7 Å². The molecule has 6 heteroatoms. The van der Waals surface area contributed by atoms with Gasteiger partial charge in [0, 0.05) is 24.9 Å². The number of nitrogens with zero attached hydrogens (tertiary/aromatic N) is 1. The normalized spacial score (nSPS) is 29.9. The third-order valence-electron chi connectivity index (χ3n) is 6.56. The van der Waals surface area contributed by atoms with Gasteiger partial charge in [0.2, 0.25) is 0 Å². The third kappa shape index (κ3) is 2.86. The zero-order chi connectivity index (χ0) is 18.3. The summed E-state index contributed by atoms with van der Waals surface area (Å²) < 4.78 is 4.90. The first kappa shape index (κ1) is 17.3. The van der Waals surface area contributed by atoms with E-state index in [0.29, 0.717) is 43.0 Å². The van der Waals surface area contributed by atoms with E-state index in [1.54, 1.807) is 4.90 Å². The van der Waals surface area contributed by atoms with Crippen LogP contribution < -0.4 is 5.73 Å². The number of likely N-dealkylation sites (tertiary alicyclic amines) is 1. The molecule has 1 aromatic rings. The number of nitrogens with two attached hydrogens (primary N) is 1. The molecule has 0 radical (unpaired) electrons. The van der Waals surface area contributed by atoms with Crippen molar-refractivity contribution in [2.45, 2.75) is 31.3 Å². The minimum Gasteiger partial charge on any atom is -0.449 e. The van der Waals surface area contributed by atoms with E-state index in [9.17, 15) is 14.7 Å². The number of hydrogen-bond donors (Lipinski definition) is 2. The van der Waals surface area contributed by atoms with Crippen molar-refractivity contribution >= 4 is 12.0 Å². The second-order valence-corrected chi connectivity index (χ2v) is 7.95. The molecule has 2 saturated carbocycles. The van der Waals surface area contributed by atoms with Crippen LogP contribution in [-0.4, -0.2) is 41.7 Å². The Morgan fingerprint density at radius 3 is 2.35 bits per heavy atom. The van der Waals surface area contributed by atoms with E-state index in [1.807, 2.05) is 30.3 Å². The van der Waals surface area contributed by atoms with Crippen molar-refractivity contribution in [3.05, 3.63) is 35.9 Å². The third-order valence-corrected chi connectivity index (χ3v) is 6.56. The van der Waals surface area contributed by atoms with Crippen LogP contribution in [0.3, 0.4) is 0 Å². The van der Waals surface area contributed by atoms with Crippen LogP contribution in [0.2, 0.25) is 0 Å². The van der Waals surface area contributed by atoms with Gasteiger partial charge >= 0.3 is 6.09 Å². The Hall–Kier alpha value is -2.08. The summed E-state index contributed by atoms with van der Waals surface area (Å²) in [5.41, 5.74) is 4.29. The number of hydrogen-bond acceptors (Lipinski definition) is 4. The van der Waals surface area contributed by atoms with Gasteiger partial charge in [0.15, 0.2) is 5.60 Å². The maximum atomic E-state index is 13.4. The molecule has 2 unspecified atom stereocenters. The highest BCUT2D eigenvalue weighted by molar-refractivity contribution is 5.87. The lowest BCUT2D eigenvalue weighted by Gasteiger charge is -2.37. The topological polar surface area (TPSA) is 92.9 Å². The maximum Gasteiger partial charge on any atom is 0.404 e. The Kier molecular flexibility index (Phi) is 4.39. The predicted molar refractivity (Wildman–Crippen MR) is 94.9 cm³/mol. The molecule has 0 bridgehead atoms. The van der Waals surface area contributed by atoms with E-state index >= 15 is 0 Å². The lowest BCUT2D eigenvalue weighted by molar-refractivity contribution is -0.159. The van der Waals surface area contributed by atoms with E-state index in [-0.39, 0.29) is 11.8 Å². The first-order valence-corrected chi connectivity index (χ1v) is 9.51. The highest BCUT2D eigenvalue weighted by Crippen LogP contribution is 2.53. The highest BCUT2D eigenvalue weighted by atomic mass is 16.5. The van der Waals surface area contributed by atoms with Crippen LogP contribution in [0.1, 0.15) is 31.2 Å². The quantitative estimate of drug-likeness (QED) is 0.840. The summed E-state index contributed by atoms with van der Waals surface area (Å²) in [4.78, 5) is 25.9. The number of aliphatic hydroxyl groups is 1. The number of piperidine rings is 1. The Bertz CT molecular complexity index is 676. The molecule has 3 aliphatic rings. The van der Waals surface area contributed by atoms with Crippen molar-refractivity contribution in [3.8, 4) is 0 Å². The van der Waals surface area contributed by atoms with E-state index in [0.717, 1.165) is 25.7 Å². The highest BCUT2D eigenvalue weighted by Gasteiger charge is 2.59. The molecule has 1 aliphatic heterocycles. The van der Waals surface area contributed by atoms with Crippen molar-refractivity contribution in [1.82, 2.24) is 4.90 Å². The number of carbonyl (C=O) groups is 2. The van der Waals surface area contributed by atoms with E-state index in [2.05, 4.69) is 0 Å². The number of fused-ring (bicyclic) bond motifs is 1. The summed E-state index contributed by atoms with van der Waals surface area (Å²) in [6, 6.07) is 9.37. The van der Waals surface area contributed by atoms with Crippen LogP contribution in [0, 0.1) is 23.7 Å². The minimum atomic E-state index is -1.44. The summed E-state index contributed by atoms with van der Waals surface area (Å²) in [7, 11) is 0. The van der Waals surface area contributed by atoms with Crippen molar-refractivity contribution in [3.63, 3.8) is 0 Å². The van der Waals surface area contributed by atoms with Gasteiger partial charge in [0.25, 0.3) is 5.91 Å². The van der Waals surface area contributed by atoms with Gasteiger partial charge in [-0.05, 0) is 30.2 Å². The van der Waals surface area contributed by atoms with Gasteiger partial charge in [0.1, 0.15) is 0 Å². The van der Waals surface area contributed by atoms with Crippen LogP contribution in [0.5, 0.6) is 0 Å². The Balaban J connectivity index is 1.48. The molecule has 3 fully saturated rings. The molecule has 6 nitrogen and oxygen atoms in total. The number of benzene rings is 1. The van der Waals surface area contributed by atoms with Crippen molar-refractivity contribution < 1.29 is 19.4 Å². The molecule has 0 spiro atoms. The predicted octanol–water partition coefficient (Wildman–Crippen LogP) is 1.86. The van der Waals surface area contributed by atoms with Crippen LogP contribution in [0.4, 0.5) is 4.79 Å². The van der Waals surface area contributed by atoms with E-state index in [1.165, 1.54) is 0 Å². The van der Waals surface area contributed by atoms with Crippen molar-refractivity contribution in [2.24, 2.45) is 29.4 Å². The monoisotopic (exact) mass is 358 g/mol. The Labute approximate surface area is 153 Å². The van der Waals surface area contributed by atoms with Gasteiger partial charge in [-0.3, -0.25) is 4.79 Å². The Morgan fingerprint density at radius 1 is 1.15 bits per heavy atom. The maximum absolute atomic E-state index is 13.4. The van der Waals surface area contributed by atoms with Crippen molar-refractivity contribution in [1.29, 1.82) is 0 Å². The standard InChI is InChI=1S/C20H26N2O4/c21-19(24)26-12-17-15-10-22(11-16(15)17)18(23)20(25,14-8-4-5-9-14)13-6-2-1-3-7-13/h1-3,6-7,14-17,25H,4-5,8-12H2,(H2,21,24)/t15?,16?,17?,20-/m0/s1. The molecule has 1 aromatic carbocycles. The summed E-state index contributed by atoms with van der Waals surface area (Å²) in [6.45, 7) is 1.58. The SMILES string of the molecule is NC(=O)OCC1C2CN(C(=O)[C@](O)(c3ccccc3)C3CCCC3)CC12. The number of carbonyl (C=O) groups excluding carboxylic acids is 2. The molecule has 1 heterocycles. The molecule has 2 aliphatic carbocycles. The van der Waals surface area contributed by atoms with Crippen LogP contribution >= 0.6 is 0 Å². The Morgan fingerprint density at radius 2 is 1.77 bits per heavy atom. The summed E-state index contributed by atoms with van der Waals surface area (Å²) in [5, 5.41) is 11.6. The fourth-order valence-electron chi connectivity index (χ4n) is 5.05. The zero-order valence-electron chi connectivity index (χ0n) is 14.8. The van der Waals surface area contributed by atoms with Gasteiger partial charge in [0.05, 0.1) is 6.61 Å². The first-order valence-electron chi connectivity index (χ1n) is 9.51. The minimum absolute atomic E-state index is 0.0247. The zero-order valence-corrected chi connectivity index (χ0v) is 14.8. The lowest BCUT2D eigenvalue weighted by atomic mass is 9.79. The summed E-state index contributed by atoms with van der Waals surface area (Å²) in [6.07, 6.45) is 3.14. The van der Waals surface area contributed by atoms with Gasteiger partial charge in [-0.15, -0.1) is 0 Å². The van der Waals surface area contributed by atoms with Gasteiger partial charge in [-0.1, -0.05) is 43.2 Å². The molecular formula is C20H26N2O4. The molecular weight excluding hydrogens is 332 g/mol. The molecule has 4 rings (SSSR count). The average molecular weight is 358 g/mol. The van der Waals surface area contributed by atoms with E-state index in [4.69, 9.17) is 10.5 Å². The number of amides is 2. The molecule has 3 N–H and O–H groups in total. The fourth-order valence-corrected chi connectivity index (χ4v) is 5.05. The molecule has 26 heavy (non-hydrogen) atoms. The number of ether oxygens (including phenoxy) is 1. The number of primary amides is 1. The van der Waals surface area contributed by atoms with Crippen LogP contribution in [0.15, 0.2) is 30.3 Å². The second-order valence-electron chi connectivity index (χ2n) is 7.95. The smallest absolute Gasteiger partial charge is 0.404 e. The largest absolute Gasteiger partial charge is 0.449 e. The average Bonchev–Trinajstić information content (AvgIpc) is 3.08. The van der Waals surface area contributed by atoms with Gasteiger partial charge in [-0.2, -0.15) is 0 Å². The summed E-state index contributed by atoms with van der Waals surface area (Å²) >= 11 is 0. The molecule has 0 aromatic heterocycles. The first-order chi connectivity index (χ1) is 12.5. The summed E-state index contributed by atoms with van der Waals surface area (Å²) in [5.74, 6) is 0.798. The number of rotatable bonds is 5. The fraction of sp³-hybridized carbons (Fsp3) is 0.600.